The van der Waals surface area contributed by atoms with Crippen molar-refractivity contribution in [3.05, 3.63) is 23.7 Å². The summed E-state index contributed by atoms with van der Waals surface area (Å²) in [7, 11) is 0. The van der Waals surface area contributed by atoms with E-state index in [1.54, 1.807) is 11.5 Å². The van der Waals surface area contributed by atoms with Crippen molar-refractivity contribution >= 4 is 17.3 Å². The smallest absolute Gasteiger partial charge is 0.221 e. The number of hydrogen-bond acceptors (Lipinski definition) is 4. The van der Waals surface area contributed by atoms with E-state index in [0.29, 0.717) is 5.69 Å². The quantitative estimate of drug-likeness (QED) is 0.641. The van der Waals surface area contributed by atoms with E-state index in [9.17, 15) is 10.0 Å². The summed E-state index contributed by atoms with van der Waals surface area (Å²) in [6.07, 6.45) is 2.84. The van der Waals surface area contributed by atoms with Gasteiger partial charge >= 0.3 is 0 Å². The SMILES string of the molecule is CC(=O)Nc1ccncc1N[O-]. The maximum atomic E-state index is 10.6. The molecule has 64 valence electrons. The minimum Gasteiger partial charge on any atom is -0.761 e. The summed E-state index contributed by atoms with van der Waals surface area (Å²) in [5.41, 5.74) is 2.37. The van der Waals surface area contributed by atoms with E-state index >= 15 is 0 Å². The van der Waals surface area contributed by atoms with E-state index in [1.165, 1.54) is 19.3 Å². The van der Waals surface area contributed by atoms with Gasteiger partial charge in [-0.15, -0.1) is 0 Å². The van der Waals surface area contributed by atoms with Crippen LogP contribution in [-0.4, -0.2) is 10.9 Å². The summed E-state index contributed by atoms with van der Waals surface area (Å²) in [5.74, 6) is -0.224. The second-order valence-electron chi connectivity index (χ2n) is 2.20. The van der Waals surface area contributed by atoms with Crippen LogP contribution in [0.5, 0.6) is 0 Å². The van der Waals surface area contributed by atoms with Gasteiger partial charge in [0.2, 0.25) is 5.91 Å². The van der Waals surface area contributed by atoms with Gasteiger partial charge in [0, 0.05) is 13.1 Å². The first-order valence-corrected chi connectivity index (χ1v) is 3.34. The zero-order valence-electron chi connectivity index (χ0n) is 6.50. The van der Waals surface area contributed by atoms with E-state index in [4.69, 9.17) is 0 Å². The number of nitrogens with zero attached hydrogens (tertiary/aromatic N) is 1. The Morgan fingerprint density at radius 2 is 2.33 bits per heavy atom. The highest BCUT2D eigenvalue weighted by Crippen LogP contribution is 2.18. The van der Waals surface area contributed by atoms with Gasteiger partial charge in [-0.1, -0.05) is 0 Å². The molecule has 0 aromatic carbocycles. The Kier molecular flexibility index (Phi) is 2.60. The lowest BCUT2D eigenvalue weighted by atomic mass is 10.3. The molecule has 0 saturated heterocycles. The largest absolute Gasteiger partial charge is 0.761 e. The number of nitrogens with one attached hydrogen (secondary N) is 2. The van der Waals surface area contributed by atoms with Crippen molar-refractivity contribution in [2.45, 2.75) is 6.92 Å². The molecule has 1 aromatic heterocycles. The third-order valence-electron chi connectivity index (χ3n) is 1.24. The van der Waals surface area contributed by atoms with E-state index in [2.05, 4.69) is 10.3 Å². The number of amides is 1. The zero-order chi connectivity index (χ0) is 8.97. The molecule has 1 heterocycles. The molecule has 5 nitrogen and oxygen atoms in total. The molecule has 5 heteroatoms. The molecular formula is C7H8N3O2-. The van der Waals surface area contributed by atoms with Crippen molar-refractivity contribution in [1.29, 1.82) is 0 Å². The first kappa shape index (κ1) is 8.48. The lowest BCUT2D eigenvalue weighted by Crippen LogP contribution is -2.07. The maximum absolute atomic E-state index is 10.6. The predicted molar refractivity (Wildman–Crippen MR) is 45.5 cm³/mol. The van der Waals surface area contributed by atoms with Crippen LogP contribution in [0.25, 0.3) is 0 Å². The monoisotopic (exact) mass is 166 g/mol. The highest BCUT2D eigenvalue weighted by Gasteiger charge is 1.98. The average Bonchev–Trinajstić information content (AvgIpc) is 2.04. The van der Waals surface area contributed by atoms with Crippen LogP contribution < -0.4 is 10.8 Å². The van der Waals surface area contributed by atoms with Gasteiger partial charge in [0.25, 0.3) is 0 Å². The number of carbonyl (C=O) groups is 1. The molecule has 0 aliphatic heterocycles. The second kappa shape index (κ2) is 3.68. The number of rotatable bonds is 2. The molecule has 0 bridgehead atoms. The molecule has 1 amide bonds. The first-order chi connectivity index (χ1) is 5.74. The van der Waals surface area contributed by atoms with Crippen molar-refractivity contribution in [1.82, 2.24) is 4.98 Å². The van der Waals surface area contributed by atoms with Gasteiger partial charge in [-0.2, -0.15) is 0 Å². The van der Waals surface area contributed by atoms with Crippen molar-refractivity contribution in [3.8, 4) is 0 Å². The summed E-state index contributed by atoms with van der Waals surface area (Å²) in [6, 6.07) is 1.54. The molecule has 0 aliphatic carbocycles. The Balaban J connectivity index is 2.89. The van der Waals surface area contributed by atoms with Crippen LogP contribution in [0.15, 0.2) is 18.5 Å². The molecule has 2 N–H and O–H groups in total. The molecule has 1 aromatic rings. The number of anilines is 2. The van der Waals surface area contributed by atoms with Crippen LogP contribution in [0.1, 0.15) is 6.92 Å². The van der Waals surface area contributed by atoms with Crippen molar-refractivity contribution in [2.75, 3.05) is 10.8 Å². The molecular weight excluding hydrogens is 158 g/mol. The highest BCUT2D eigenvalue weighted by atomic mass is 16.5. The van der Waals surface area contributed by atoms with Crippen LogP contribution in [0.2, 0.25) is 0 Å². The summed E-state index contributed by atoms with van der Waals surface area (Å²) in [4.78, 5) is 14.3. The highest BCUT2D eigenvalue weighted by molar-refractivity contribution is 5.92. The normalized spacial score (nSPS) is 9.17. The third-order valence-corrected chi connectivity index (χ3v) is 1.24. The molecule has 12 heavy (non-hydrogen) atoms. The Morgan fingerprint density at radius 3 is 2.92 bits per heavy atom. The van der Waals surface area contributed by atoms with E-state index in [0.717, 1.165) is 0 Å². The molecule has 1 rings (SSSR count). The van der Waals surface area contributed by atoms with Crippen LogP contribution in [0, 0.1) is 5.21 Å². The average molecular weight is 166 g/mol. The van der Waals surface area contributed by atoms with Crippen LogP contribution in [-0.2, 0) is 4.79 Å². The van der Waals surface area contributed by atoms with Crippen LogP contribution >= 0.6 is 0 Å². The van der Waals surface area contributed by atoms with Crippen molar-refractivity contribution in [2.24, 2.45) is 0 Å². The number of aromatic nitrogens is 1. The Bertz CT molecular complexity index is 288. The van der Waals surface area contributed by atoms with Crippen LogP contribution in [0.3, 0.4) is 0 Å². The van der Waals surface area contributed by atoms with Gasteiger partial charge in [0.05, 0.1) is 17.6 Å². The van der Waals surface area contributed by atoms with Crippen molar-refractivity contribution < 1.29 is 4.79 Å². The Morgan fingerprint density at radius 1 is 1.58 bits per heavy atom. The van der Waals surface area contributed by atoms with Gasteiger partial charge in [-0.25, -0.2) is 0 Å². The van der Waals surface area contributed by atoms with E-state index in [1.807, 2.05) is 0 Å². The first-order valence-electron chi connectivity index (χ1n) is 3.34. The molecule has 0 spiro atoms. The predicted octanol–water partition coefficient (Wildman–Crippen LogP) is 0.950. The minimum absolute atomic E-state index is 0.224. The summed E-state index contributed by atoms with van der Waals surface area (Å²) in [5, 5.41) is 12.8. The van der Waals surface area contributed by atoms with Gasteiger partial charge in [0.15, 0.2) is 0 Å². The van der Waals surface area contributed by atoms with Gasteiger partial charge in [0.1, 0.15) is 0 Å². The standard InChI is InChI=1S/C7H8N3O2/c1-5(11)9-6-2-3-8-4-7(6)10-12/h2-4,10H,1H3,(H,8,9,11)/q-1. The van der Waals surface area contributed by atoms with Gasteiger partial charge in [-0.05, 0) is 6.07 Å². The number of carbonyl (C=O) groups excluding carboxylic acids is 1. The molecule has 0 unspecified atom stereocenters. The topological polar surface area (TPSA) is 77.1 Å². The lowest BCUT2D eigenvalue weighted by molar-refractivity contribution is -0.114. The Labute approximate surface area is 69.4 Å². The maximum Gasteiger partial charge on any atom is 0.221 e. The Hall–Kier alpha value is -1.62. The lowest BCUT2D eigenvalue weighted by Gasteiger charge is -2.13. The fourth-order valence-corrected chi connectivity index (χ4v) is 0.774. The van der Waals surface area contributed by atoms with E-state index < -0.39 is 0 Å². The van der Waals surface area contributed by atoms with Crippen molar-refractivity contribution in [3.63, 3.8) is 0 Å². The molecule has 0 fully saturated rings. The number of pyridine rings is 1. The molecule has 0 saturated carbocycles. The molecule has 0 radical (unpaired) electrons. The fourth-order valence-electron chi connectivity index (χ4n) is 0.774. The second-order valence-corrected chi connectivity index (χ2v) is 2.20. The summed E-state index contributed by atoms with van der Waals surface area (Å²) >= 11 is 0. The summed E-state index contributed by atoms with van der Waals surface area (Å²) in [6.45, 7) is 1.37. The number of hydrogen-bond donors (Lipinski definition) is 2. The summed E-state index contributed by atoms with van der Waals surface area (Å²) < 4.78 is 0. The zero-order valence-corrected chi connectivity index (χ0v) is 6.50. The molecule has 0 atom stereocenters. The van der Waals surface area contributed by atoms with E-state index in [-0.39, 0.29) is 11.6 Å². The van der Waals surface area contributed by atoms with Gasteiger partial charge < -0.3 is 16.0 Å². The van der Waals surface area contributed by atoms with Gasteiger partial charge in [-0.3, -0.25) is 9.78 Å². The van der Waals surface area contributed by atoms with Crippen LogP contribution in [0.4, 0.5) is 11.4 Å². The fraction of sp³-hybridized carbons (Fsp3) is 0.143. The minimum atomic E-state index is -0.224. The molecule has 0 aliphatic rings. The third kappa shape index (κ3) is 1.93.